The number of nitriles is 2. The number of nitrogens with zero attached hydrogens (tertiary/aromatic N) is 2. The molecule has 0 aliphatic carbocycles. The summed E-state index contributed by atoms with van der Waals surface area (Å²) < 4.78 is 5.05. The molecule has 0 saturated carbocycles. The third kappa shape index (κ3) is 1.77. The van der Waals surface area contributed by atoms with E-state index in [4.69, 9.17) is 14.9 Å². The van der Waals surface area contributed by atoms with Crippen LogP contribution in [0.25, 0.3) is 0 Å². The fraction of sp³-hybridized carbons (Fsp3) is 0.125. The number of ketones is 1. The normalized spacial score (nSPS) is 9.23. The maximum atomic E-state index is 11.4. The number of hydrogen-bond acceptors (Lipinski definition) is 4. The molecule has 0 unspecified atom stereocenters. The molecule has 0 aliphatic rings. The third-order valence-corrected chi connectivity index (χ3v) is 2.02. The van der Waals surface area contributed by atoms with E-state index >= 15 is 0 Å². The molecule has 0 saturated heterocycles. The van der Waals surface area contributed by atoms with E-state index in [1.165, 1.54) is 12.3 Å². The highest BCUT2D eigenvalue weighted by Crippen LogP contribution is 2.20. The van der Waals surface area contributed by atoms with Crippen molar-refractivity contribution < 1.29 is 9.21 Å². The molecule has 0 radical (unpaired) electrons. The Morgan fingerprint density at radius 1 is 1.54 bits per heavy atom. The van der Waals surface area contributed by atoms with Gasteiger partial charge in [0.1, 0.15) is 0 Å². The first-order chi connectivity index (χ1) is 6.20. The van der Waals surface area contributed by atoms with Crippen molar-refractivity contribution in [3.05, 3.63) is 22.6 Å². The van der Waals surface area contributed by atoms with E-state index in [2.05, 4.69) is 15.9 Å². The standard InChI is InChI=1S/C8H3BrN2O2/c9-8-6(1-2-13-8)7(12)5(3-10)4-11/h1-2,5H. The first-order valence-electron chi connectivity index (χ1n) is 3.27. The van der Waals surface area contributed by atoms with Crippen LogP contribution in [-0.2, 0) is 0 Å². The Bertz CT molecular complexity index is 397. The van der Waals surface area contributed by atoms with Gasteiger partial charge in [-0.25, -0.2) is 0 Å². The maximum absolute atomic E-state index is 11.4. The average molecular weight is 239 g/mol. The SMILES string of the molecule is N#CC(C#N)C(=O)c1ccoc1Br. The van der Waals surface area contributed by atoms with Crippen molar-refractivity contribution in [3.63, 3.8) is 0 Å². The Morgan fingerprint density at radius 3 is 2.54 bits per heavy atom. The number of Topliss-reactive ketones (excluding diaryl/α,β-unsaturated/α-hetero) is 1. The van der Waals surface area contributed by atoms with E-state index in [-0.39, 0.29) is 10.2 Å². The van der Waals surface area contributed by atoms with Gasteiger partial charge in [0.15, 0.2) is 16.4 Å². The van der Waals surface area contributed by atoms with Crippen LogP contribution in [0.1, 0.15) is 10.4 Å². The summed E-state index contributed by atoms with van der Waals surface area (Å²) in [6.45, 7) is 0. The van der Waals surface area contributed by atoms with Crippen molar-refractivity contribution in [2.75, 3.05) is 0 Å². The summed E-state index contributed by atoms with van der Waals surface area (Å²) in [5.74, 6) is -1.82. The summed E-state index contributed by atoms with van der Waals surface area (Å²) in [4.78, 5) is 11.4. The molecule has 0 atom stereocenters. The molecule has 1 rings (SSSR count). The predicted octanol–water partition coefficient (Wildman–Crippen LogP) is 1.89. The summed E-state index contributed by atoms with van der Waals surface area (Å²) >= 11 is 2.99. The lowest BCUT2D eigenvalue weighted by molar-refractivity contribution is 0.0969. The summed E-state index contributed by atoms with van der Waals surface area (Å²) in [5.41, 5.74) is 0.216. The molecule has 0 N–H and O–H groups in total. The largest absolute Gasteiger partial charge is 0.457 e. The smallest absolute Gasteiger partial charge is 0.198 e. The van der Waals surface area contributed by atoms with Gasteiger partial charge in [0.05, 0.1) is 24.0 Å². The van der Waals surface area contributed by atoms with Crippen molar-refractivity contribution >= 4 is 21.7 Å². The van der Waals surface area contributed by atoms with Crippen LogP contribution in [0.2, 0.25) is 0 Å². The van der Waals surface area contributed by atoms with Gasteiger partial charge in [-0.15, -0.1) is 0 Å². The van der Waals surface area contributed by atoms with E-state index < -0.39 is 11.7 Å². The quantitative estimate of drug-likeness (QED) is 0.738. The first kappa shape index (κ1) is 9.50. The fourth-order valence-corrected chi connectivity index (χ4v) is 1.21. The van der Waals surface area contributed by atoms with E-state index in [0.717, 1.165) is 0 Å². The topological polar surface area (TPSA) is 77.8 Å². The number of rotatable bonds is 2. The van der Waals surface area contributed by atoms with Gasteiger partial charge in [-0.2, -0.15) is 10.5 Å². The van der Waals surface area contributed by atoms with Gasteiger partial charge in [0.2, 0.25) is 0 Å². The molecule has 1 heterocycles. The van der Waals surface area contributed by atoms with Gasteiger partial charge in [-0.3, -0.25) is 4.79 Å². The lowest BCUT2D eigenvalue weighted by Crippen LogP contribution is -2.10. The molecular weight excluding hydrogens is 236 g/mol. The molecule has 4 nitrogen and oxygen atoms in total. The first-order valence-corrected chi connectivity index (χ1v) is 4.06. The van der Waals surface area contributed by atoms with Gasteiger partial charge in [0.25, 0.3) is 0 Å². The van der Waals surface area contributed by atoms with Gasteiger partial charge in [0, 0.05) is 0 Å². The molecule has 0 amide bonds. The van der Waals surface area contributed by atoms with Crippen LogP contribution in [0.15, 0.2) is 21.4 Å². The minimum absolute atomic E-state index is 0.216. The van der Waals surface area contributed by atoms with E-state index in [9.17, 15) is 4.79 Å². The van der Waals surface area contributed by atoms with Gasteiger partial charge in [-0.1, -0.05) is 0 Å². The Hall–Kier alpha value is -1.59. The lowest BCUT2D eigenvalue weighted by atomic mass is 10.0. The Morgan fingerprint density at radius 2 is 2.15 bits per heavy atom. The predicted molar refractivity (Wildman–Crippen MR) is 45.5 cm³/mol. The van der Waals surface area contributed by atoms with E-state index in [1.54, 1.807) is 12.1 Å². The minimum atomic E-state index is -1.27. The lowest BCUT2D eigenvalue weighted by Gasteiger charge is -1.95. The number of hydrogen-bond donors (Lipinski definition) is 0. The summed E-state index contributed by atoms with van der Waals surface area (Å²) in [5, 5.41) is 16.9. The van der Waals surface area contributed by atoms with Crippen molar-refractivity contribution in [3.8, 4) is 12.1 Å². The van der Waals surface area contributed by atoms with Crippen LogP contribution in [0.5, 0.6) is 0 Å². The second-order valence-electron chi connectivity index (χ2n) is 2.16. The van der Waals surface area contributed by atoms with Gasteiger partial charge in [-0.05, 0) is 22.0 Å². The number of carbonyl (C=O) groups is 1. The van der Waals surface area contributed by atoms with Crippen molar-refractivity contribution in [1.82, 2.24) is 0 Å². The zero-order valence-corrected chi connectivity index (χ0v) is 7.91. The average Bonchev–Trinajstić information content (AvgIpc) is 2.53. The monoisotopic (exact) mass is 238 g/mol. The Kier molecular flexibility index (Phi) is 2.84. The van der Waals surface area contributed by atoms with Gasteiger partial charge >= 0.3 is 0 Å². The highest BCUT2D eigenvalue weighted by atomic mass is 79.9. The molecule has 5 heteroatoms. The molecule has 0 aliphatic heterocycles. The number of furan rings is 1. The molecule has 1 aromatic heterocycles. The highest BCUT2D eigenvalue weighted by Gasteiger charge is 2.22. The van der Waals surface area contributed by atoms with Crippen LogP contribution in [-0.4, -0.2) is 5.78 Å². The zero-order chi connectivity index (χ0) is 9.84. The summed E-state index contributed by atoms with van der Waals surface area (Å²) in [6, 6.07) is 4.60. The van der Waals surface area contributed by atoms with Crippen LogP contribution in [0.3, 0.4) is 0 Å². The van der Waals surface area contributed by atoms with E-state index in [1.807, 2.05) is 0 Å². The molecule has 0 aromatic carbocycles. The van der Waals surface area contributed by atoms with Crippen molar-refractivity contribution in [2.24, 2.45) is 5.92 Å². The minimum Gasteiger partial charge on any atom is -0.457 e. The number of halogens is 1. The van der Waals surface area contributed by atoms with Crippen molar-refractivity contribution in [2.45, 2.75) is 0 Å². The van der Waals surface area contributed by atoms with Crippen LogP contribution in [0, 0.1) is 28.6 Å². The second kappa shape index (κ2) is 3.88. The van der Waals surface area contributed by atoms with E-state index in [0.29, 0.717) is 0 Å². The zero-order valence-electron chi connectivity index (χ0n) is 6.32. The van der Waals surface area contributed by atoms with Crippen LogP contribution >= 0.6 is 15.9 Å². The highest BCUT2D eigenvalue weighted by molar-refractivity contribution is 9.10. The molecule has 0 spiro atoms. The second-order valence-corrected chi connectivity index (χ2v) is 2.88. The molecule has 0 fully saturated rings. The number of carbonyl (C=O) groups excluding carboxylic acids is 1. The summed E-state index contributed by atoms with van der Waals surface area (Å²) in [7, 11) is 0. The molecule has 1 aromatic rings. The fourth-order valence-electron chi connectivity index (χ4n) is 0.771. The Balaban J connectivity index is 3.01. The van der Waals surface area contributed by atoms with Crippen molar-refractivity contribution in [1.29, 1.82) is 10.5 Å². The van der Waals surface area contributed by atoms with Crippen LogP contribution in [0.4, 0.5) is 0 Å². The van der Waals surface area contributed by atoms with Gasteiger partial charge < -0.3 is 4.42 Å². The molecule has 13 heavy (non-hydrogen) atoms. The van der Waals surface area contributed by atoms with Crippen LogP contribution < -0.4 is 0 Å². The third-order valence-electron chi connectivity index (χ3n) is 1.40. The maximum Gasteiger partial charge on any atom is 0.198 e. The molecule has 64 valence electrons. The molecular formula is C8H3BrN2O2. The summed E-state index contributed by atoms with van der Waals surface area (Å²) in [6.07, 6.45) is 1.31. The Labute approximate surface area is 82.5 Å². The molecule has 0 bridgehead atoms.